The van der Waals surface area contributed by atoms with Crippen molar-refractivity contribution in [3.8, 4) is 0 Å². The molecule has 2 heterocycles. The molecule has 0 atom stereocenters. The van der Waals surface area contributed by atoms with Gasteiger partial charge in [-0.15, -0.1) is 12.4 Å². The number of piperidine rings is 1. The lowest BCUT2D eigenvalue weighted by molar-refractivity contribution is -0.141. The minimum absolute atomic E-state index is 0. The Labute approximate surface area is 178 Å². The van der Waals surface area contributed by atoms with Crippen molar-refractivity contribution in [2.45, 2.75) is 31.6 Å². The standard InChI is InChI=1S/C21H29N3O4.ClH/c1-28-20(26)3-2-12-23-13-14-24(15-19(23)25)21(27)18-6-4-16(5-7-18)17-8-10-22-11-9-17;/h4-7,17,22H,2-3,8-15H2,1H3;1H. The van der Waals surface area contributed by atoms with Crippen LogP contribution in [0.2, 0.25) is 0 Å². The van der Waals surface area contributed by atoms with E-state index in [1.54, 1.807) is 9.80 Å². The molecule has 2 aliphatic heterocycles. The molecule has 0 saturated carbocycles. The number of benzene rings is 1. The maximum atomic E-state index is 12.8. The van der Waals surface area contributed by atoms with Crippen LogP contribution in [0.1, 0.15) is 47.5 Å². The number of methoxy groups -OCH3 is 1. The molecule has 29 heavy (non-hydrogen) atoms. The third kappa shape index (κ3) is 6.18. The van der Waals surface area contributed by atoms with Crippen molar-refractivity contribution in [2.24, 2.45) is 0 Å². The topological polar surface area (TPSA) is 79.0 Å². The van der Waals surface area contributed by atoms with Crippen LogP contribution in [0.3, 0.4) is 0 Å². The molecule has 0 radical (unpaired) electrons. The number of piperazine rings is 1. The maximum absolute atomic E-state index is 12.8. The molecule has 8 heteroatoms. The summed E-state index contributed by atoms with van der Waals surface area (Å²) in [7, 11) is 1.36. The molecular formula is C21H30ClN3O4. The molecule has 0 aromatic heterocycles. The Kier molecular flexibility index (Phi) is 8.92. The number of carbonyl (C=O) groups is 3. The first kappa shape index (κ1) is 23.2. The predicted molar refractivity (Wildman–Crippen MR) is 112 cm³/mol. The fourth-order valence-corrected chi connectivity index (χ4v) is 3.87. The number of amides is 2. The van der Waals surface area contributed by atoms with Gasteiger partial charge in [-0.05, 0) is 56.0 Å². The number of hydrogen-bond donors (Lipinski definition) is 1. The van der Waals surface area contributed by atoms with Gasteiger partial charge >= 0.3 is 5.97 Å². The van der Waals surface area contributed by atoms with E-state index in [4.69, 9.17) is 0 Å². The number of rotatable bonds is 6. The highest BCUT2D eigenvalue weighted by molar-refractivity contribution is 5.97. The first-order chi connectivity index (χ1) is 13.6. The molecule has 3 rings (SSSR count). The van der Waals surface area contributed by atoms with Crippen LogP contribution in [0.5, 0.6) is 0 Å². The second-order valence-corrected chi connectivity index (χ2v) is 7.43. The molecule has 160 valence electrons. The first-order valence-corrected chi connectivity index (χ1v) is 10.0. The monoisotopic (exact) mass is 423 g/mol. The summed E-state index contributed by atoms with van der Waals surface area (Å²) < 4.78 is 4.61. The zero-order chi connectivity index (χ0) is 19.9. The lowest BCUT2D eigenvalue weighted by Crippen LogP contribution is -2.52. The molecule has 2 saturated heterocycles. The number of hydrogen-bond acceptors (Lipinski definition) is 5. The second-order valence-electron chi connectivity index (χ2n) is 7.43. The van der Waals surface area contributed by atoms with Gasteiger partial charge in [-0.3, -0.25) is 14.4 Å². The summed E-state index contributed by atoms with van der Waals surface area (Å²) in [6.07, 6.45) is 3.12. The van der Waals surface area contributed by atoms with Gasteiger partial charge in [0, 0.05) is 31.6 Å². The number of nitrogens with zero attached hydrogens (tertiary/aromatic N) is 2. The van der Waals surface area contributed by atoms with Crippen molar-refractivity contribution in [2.75, 3.05) is 46.4 Å². The van der Waals surface area contributed by atoms with Crippen molar-refractivity contribution in [3.63, 3.8) is 0 Å². The van der Waals surface area contributed by atoms with E-state index in [9.17, 15) is 14.4 Å². The molecular weight excluding hydrogens is 394 g/mol. The third-order valence-corrected chi connectivity index (χ3v) is 5.61. The van der Waals surface area contributed by atoms with Gasteiger partial charge in [0.2, 0.25) is 5.91 Å². The summed E-state index contributed by atoms with van der Waals surface area (Å²) in [5, 5.41) is 3.37. The van der Waals surface area contributed by atoms with E-state index in [-0.39, 0.29) is 36.7 Å². The highest BCUT2D eigenvalue weighted by Crippen LogP contribution is 2.25. The van der Waals surface area contributed by atoms with Gasteiger partial charge < -0.3 is 19.9 Å². The van der Waals surface area contributed by atoms with Gasteiger partial charge in [0.05, 0.1) is 7.11 Å². The Balaban J connectivity index is 0.00000300. The van der Waals surface area contributed by atoms with E-state index in [0.717, 1.165) is 25.9 Å². The Hall–Kier alpha value is -2.12. The van der Waals surface area contributed by atoms with Crippen molar-refractivity contribution in [3.05, 3.63) is 35.4 Å². The third-order valence-electron chi connectivity index (χ3n) is 5.61. The molecule has 0 spiro atoms. The first-order valence-electron chi connectivity index (χ1n) is 10.0. The summed E-state index contributed by atoms with van der Waals surface area (Å²) >= 11 is 0. The van der Waals surface area contributed by atoms with Crippen molar-refractivity contribution in [1.82, 2.24) is 15.1 Å². The highest BCUT2D eigenvalue weighted by atomic mass is 35.5. The Morgan fingerprint density at radius 2 is 1.83 bits per heavy atom. The molecule has 1 N–H and O–H groups in total. The number of esters is 1. The summed E-state index contributed by atoms with van der Waals surface area (Å²) in [6, 6.07) is 7.86. The Morgan fingerprint density at radius 1 is 1.14 bits per heavy atom. The number of ether oxygens (including phenoxy) is 1. The zero-order valence-corrected chi connectivity index (χ0v) is 17.7. The molecule has 2 aliphatic rings. The molecule has 2 fully saturated rings. The van der Waals surface area contributed by atoms with Gasteiger partial charge in [0.25, 0.3) is 5.91 Å². The lowest BCUT2D eigenvalue weighted by atomic mass is 9.90. The molecule has 7 nitrogen and oxygen atoms in total. The second kappa shape index (κ2) is 11.2. The molecule has 0 bridgehead atoms. The zero-order valence-electron chi connectivity index (χ0n) is 16.9. The van der Waals surface area contributed by atoms with Crippen LogP contribution in [0, 0.1) is 0 Å². The molecule has 1 aromatic carbocycles. The molecule has 0 aliphatic carbocycles. The van der Waals surface area contributed by atoms with E-state index in [0.29, 0.717) is 44.0 Å². The van der Waals surface area contributed by atoms with E-state index in [1.165, 1.54) is 12.7 Å². The van der Waals surface area contributed by atoms with Crippen LogP contribution < -0.4 is 5.32 Å². The average molecular weight is 424 g/mol. The summed E-state index contributed by atoms with van der Waals surface area (Å²) in [6.45, 7) is 3.69. The summed E-state index contributed by atoms with van der Waals surface area (Å²) in [5.74, 6) is 0.116. The van der Waals surface area contributed by atoms with E-state index in [1.807, 2.05) is 24.3 Å². The predicted octanol–water partition coefficient (Wildman–Crippen LogP) is 1.81. The highest BCUT2D eigenvalue weighted by Gasteiger charge is 2.27. The molecule has 1 aromatic rings. The van der Waals surface area contributed by atoms with Crippen molar-refractivity contribution < 1.29 is 19.1 Å². The average Bonchev–Trinajstić information content (AvgIpc) is 2.75. The SMILES string of the molecule is COC(=O)CCCN1CCN(C(=O)c2ccc(C3CCNCC3)cc2)CC1=O.Cl. The molecule has 2 amide bonds. The van der Waals surface area contributed by atoms with Crippen LogP contribution in [0.15, 0.2) is 24.3 Å². The Morgan fingerprint density at radius 3 is 2.45 bits per heavy atom. The fraction of sp³-hybridized carbons (Fsp3) is 0.571. The van der Waals surface area contributed by atoms with Gasteiger partial charge in [-0.25, -0.2) is 0 Å². The van der Waals surface area contributed by atoms with Crippen LogP contribution in [0.25, 0.3) is 0 Å². The van der Waals surface area contributed by atoms with Crippen LogP contribution in [-0.2, 0) is 14.3 Å². The minimum atomic E-state index is -0.269. The van der Waals surface area contributed by atoms with Gasteiger partial charge in [0.1, 0.15) is 6.54 Å². The number of nitrogens with one attached hydrogen (secondary N) is 1. The smallest absolute Gasteiger partial charge is 0.305 e. The lowest BCUT2D eigenvalue weighted by Gasteiger charge is -2.34. The van der Waals surface area contributed by atoms with Gasteiger partial charge in [-0.2, -0.15) is 0 Å². The van der Waals surface area contributed by atoms with Crippen LogP contribution in [0.4, 0.5) is 0 Å². The quantitative estimate of drug-likeness (QED) is 0.706. The normalized spacial score (nSPS) is 17.6. The maximum Gasteiger partial charge on any atom is 0.305 e. The minimum Gasteiger partial charge on any atom is -0.469 e. The Bertz CT molecular complexity index is 704. The van der Waals surface area contributed by atoms with E-state index < -0.39 is 0 Å². The van der Waals surface area contributed by atoms with Crippen LogP contribution in [-0.4, -0.2) is 74.0 Å². The van der Waals surface area contributed by atoms with Crippen molar-refractivity contribution >= 4 is 30.2 Å². The number of halogens is 1. The largest absolute Gasteiger partial charge is 0.469 e. The summed E-state index contributed by atoms with van der Waals surface area (Å²) in [4.78, 5) is 39.6. The van der Waals surface area contributed by atoms with Crippen molar-refractivity contribution in [1.29, 1.82) is 0 Å². The van der Waals surface area contributed by atoms with E-state index in [2.05, 4.69) is 10.1 Å². The van der Waals surface area contributed by atoms with E-state index >= 15 is 0 Å². The fourth-order valence-electron chi connectivity index (χ4n) is 3.87. The van der Waals surface area contributed by atoms with Crippen LogP contribution >= 0.6 is 12.4 Å². The summed E-state index contributed by atoms with van der Waals surface area (Å²) in [5.41, 5.74) is 1.91. The molecule has 0 unspecified atom stereocenters. The van der Waals surface area contributed by atoms with Gasteiger partial charge in [0.15, 0.2) is 0 Å². The van der Waals surface area contributed by atoms with Gasteiger partial charge in [-0.1, -0.05) is 12.1 Å². The number of carbonyl (C=O) groups excluding carboxylic acids is 3.